The van der Waals surface area contributed by atoms with Gasteiger partial charge in [0.25, 0.3) is 0 Å². The highest BCUT2D eigenvalue weighted by Gasteiger charge is 2.31. The zero-order valence-corrected chi connectivity index (χ0v) is 22.2. The highest BCUT2D eigenvalue weighted by atomic mass is 32.2. The molecule has 37 heavy (non-hydrogen) atoms. The van der Waals surface area contributed by atoms with E-state index in [0.29, 0.717) is 26.1 Å². The van der Waals surface area contributed by atoms with Crippen LogP contribution in [0.1, 0.15) is 49.4 Å². The van der Waals surface area contributed by atoms with Crippen LogP contribution in [0, 0.1) is 0 Å². The van der Waals surface area contributed by atoms with Crippen molar-refractivity contribution in [3.05, 3.63) is 102 Å². The van der Waals surface area contributed by atoms with Gasteiger partial charge in [-0.2, -0.15) is 0 Å². The molecule has 2 N–H and O–H groups in total. The lowest BCUT2D eigenvalue weighted by Crippen LogP contribution is -2.43. The summed E-state index contributed by atoms with van der Waals surface area (Å²) in [5.41, 5.74) is 2.52. The molecule has 0 saturated heterocycles. The fraction of sp³-hybridized carbons (Fsp3) is 0.310. The van der Waals surface area contributed by atoms with E-state index in [9.17, 15) is 18.0 Å². The summed E-state index contributed by atoms with van der Waals surface area (Å²) in [6, 6.07) is 24.7. The van der Waals surface area contributed by atoms with Crippen molar-refractivity contribution in [2.75, 3.05) is 13.1 Å². The van der Waals surface area contributed by atoms with Crippen LogP contribution in [0.25, 0.3) is 0 Å². The van der Waals surface area contributed by atoms with Gasteiger partial charge in [0, 0.05) is 26.1 Å². The summed E-state index contributed by atoms with van der Waals surface area (Å²) in [7, 11) is -3.54. The van der Waals surface area contributed by atoms with Crippen molar-refractivity contribution in [2.24, 2.45) is 0 Å². The molecule has 2 amide bonds. The number of nitrogens with zero attached hydrogens (tertiary/aromatic N) is 1. The van der Waals surface area contributed by atoms with Gasteiger partial charge in [-0.15, -0.1) is 0 Å². The van der Waals surface area contributed by atoms with Gasteiger partial charge in [-0.1, -0.05) is 86.6 Å². The third-order valence-corrected chi connectivity index (χ3v) is 7.50. The molecule has 3 rings (SSSR count). The van der Waals surface area contributed by atoms with Gasteiger partial charge in [-0.25, -0.2) is 13.1 Å². The zero-order chi connectivity index (χ0) is 26.7. The second kappa shape index (κ2) is 13.7. The molecule has 8 heteroatoms. The van der Waals surface area contributed by atoms with E-state index in [1.54, 1.807) is 36.1 Å². The molecule has 1 unspecified atom stereocenters. The number of benzene rings is 3. The van der Waals surface area contributed by atoms with Crippen molar-refractivity contribution in [3.8, 4) is 0 Å². The minimum atomic E-state index is -3.54. The number of amides is 2. The normalized spacial score (nSPS) is 12.1. The third-order valence-electron chi connectivity index (χ3n) is 5.94. The van der Waals surface area contributed by atoms with Crippen LogP contribution in [0.4, 0.5) is 0 Å². The predicted molar refractivity (Wildman–Crippen MR) is 145 cm³/mol. The van der Waals surface area contributed by atoms with Gasteiger partial charge in [0.2, 0.25) is 21.8 Å². The molecule has 0 aliphatic rings. The lowest BCUT2D eigenvalue weighted by molar-refractivity contribution is -0.141. The number of carbonyl (C=O) groups is 2. The summed E-state index contributed by atoms with van der Waals surface area (Å²) in [5, 5.41) is 2.96. The van der Waals surface area contributed by atoms with Crippen molar-refractivity contribution in [1.29, 1.82) is 0 Å². The lowest BCUT2D eigenvalue weighted by Gasteiger charge is -2.32. The first-order valence-electron chi connectivity index (χ1n) is 12.6. The van der Waals surface area contributed by atoms with Crippen molar-refractivity contribution in [1.82, 2.24) is 14.9 Å². The second-order valence-electron chi connectivity index (χ2n) is 8.76. The average molecular weight is 522 g/mol. The maximum atomic E-state index is 13.7. The maximum Gasteiger partial charge on any atom is 0.247 e. The molecule has 0 aromatic heterocycles. The molecule has 196 valence electrons. The molecule has 0 aliphatic carbocycles. The Hall–Kier alpha value is -3.49. The van der Waals surface area contributed by atoms with Crippen molar-refractivity contribution in [2.45, 2.75) is 50.6 Å². The highest BCUT2D eigenvalue weighted by Crippen LogP contribution is 2.25. The molecule has 0 bridgehead atoms. The molecule has 0 heterocycles. The van der Waals surface area contributed by atoms with E-state index in [1.165, 1.54) is 0 Å². The Morgan fingerprint density at radius 1 is 0.838 bits per heavy atom. The minimum absolute atomic E-state index is 0.159. The molecule has 0 radical (unpaired) electrons. The SMILES string of the molecule is CCCNC(=O)C(c1ccccc1)N(Cc1ccccc1)C(=O)CCc1ccc(S(=O)(=O)NCC)cc1. The summed E-state index contributed by atoms with van der Waals surface area (Å²) < 4.78 is 26.9. The van der Waals surface area contributed by atoms with Crippen LogP contribution < -0.4 is 10.0 Å². The van der Waals surface area contributed by atoms with Crippen molar-refractivity contribution in [3.63, 3.8) is 0 Å². The van der Waals surface area contributed by atoms with Crippen LogP contribution in [0.15, 0.2) is 89.8 Å². The first kappa shape index (κ1) is 28.1. The first-order chi connectivity index (χ1) is 17.9. The molecule has 0 aliphatic heterocycles. The number of sulfonamides is 1. The number of carbonyl (C=O) groups excluding carboxylic acids is 2. The van der Waals surface area contributed by atoms with Gasteiger partial charge in [-0.3, -0.25) is 9.59 Å². The Bertz CT molecular complexity index is 1250. The molecule has 7 nitrogen and oxygen atoms in total. The molecule has 0 spiro atoms. The third kappa shape index (κ3) is 8.00. The van der Waals surface area contributed by atoms with Crippen LogP contribution in [0.2, 0.25) is 0 Å². The molecule has 0 saturated carbocycles. The molecule has 3 aromatic carbocycles. The Kier molecular flexibility index (Phi) is 10.4. The van der Waals surface area contributed by atoms with Gasteiger partial charge in [0.15, 0.2) is 0 Å². The topological polar surface area (TPSA) is 95.6 Å². The van der Waals surface area contributed by atoms with Crippen molar-refractivity contribution >= 4 is 21.8 Å². The molecule has 0 fully saturated rings. The zero-order valence-electron chi connectivity index (χ0n) is 21.4. The number of aryl methyl sites for hydroxylation is 1. The van der Waals surface area contributed by atoms with Crippen LogP contribution in [0.3, 0.4) is 0 Å². The van der Waals surface area contributed by atoms with Gasteiger partial charge in [0.05, 0.1) is 4.90 Å². The Morgan fingerprint density at radius 3 is 2.05 bits per heavy atom. The highest BCUT2D eigenvalue weighted by molar-refractivity contribution is 7.89. The summed E-state index contributed by atoms with van der Waals surface area (Å²) in [6.07, 6.45) is 1.39. The number of rotatable bonds is 13. The Labute approximate surface area is 220 Å². The standard InChI is InChI=1S/C29H35N3O4S/c1-3-21-30-29(34)28(25-13-9-6-10-14-25)32(22-24-11-7-5-8-12-24)27(33)20-17-23-15-18-26(19-16-23)37(35,36)31-4-2/h5-16,18-19,28,31H,3-4,17,20-22H2,1-2H3,(H,30,34). The van der Waals surface area contributed by atoms with E-state index >= 15 is 0 Å². The molecule has 1 atom stereocenters. The Morgan fingerprint density at radius 2 is 1.46 bits per heavy atom. The van der Waals surface area contributed by atoms with E-state index in [0.717, 1.165) is 23.1 Å². The van der Waals surface area contributed by atoms with Crippen LogP contribution in [-0.4, -0.2) is 38.2 Å². The van der Waals surface area contributed by atoms with E-state index in [4.69, 9.17) is 0 Å². The summed E-state index contributed by atoms with van der Waals surface area (Å²) >= 11 is 0. The van der Waals surface area contributed by atoms with E-state index in [-0.39, 0.29) is 23.1 Å². The van der Waals surface area contributed by atoms with Gasteiger partial charge < -0.3 is 10.2 Å². The number of nitrogens with one attached hydrogen (secondary N) is 2. The quantitative estimate of drug-likeness (QED) is 0.352. The lowest BCUT2D eigenvalue weighted by atomic mass is 10.0. The molecular formula is C29H35N3O4S. The predicted octanol–water partition coefficient (Wildman–Crippen LogP) is 4.21. The average Bonchev–Trinajstić information content (AvgIpc) is 2.91. The van der Waals surface area contributed by atoms with Crippen LogP contribution >= 0.6 is 0 Å². The fourth-order valence-electron chi connectivity index (χ4n) is 4.06. The van der Waals surface area contributed by atoms with E-state index in [1.807, 2.05) is 67.6 Å². The van der Waals surface area contributed by atoms with Gasteiger partial charge >= 0.3 is 0 Å². The van der Waals surface area contributed by atoms with Gasteiger partial charge in [-0.05, 0) is 41.7 Å². The van der Waals surface area contributed by atoms with Crippen LogP contribution in [-0.2, 0) is 32.6 Å². The monoisotopic (exact) mass is 521 g/mol. The largest absolute Gasteiger partial charge is 0.354 e. The molecule has 3 aromatic rings. The number of hydrogen-bond acceptors (Lipinski definition) is 4. The summed E-state index contributed by atoms with van der Waals surface area (Å²) in [6.45, 7) is 4.84. The Balaban J connectivity index is 1.85. The van der Waals surface area contributed by atoms with Crippen molar-refractivity contribution < 1.29 is 18.0 Å². The maximum absolute atomic E-state index is 13.7. The van der Waals surface area contributed by atoms with Crippen LogP contribution in [0.5, 0.6) is 0 Å². The minimum Gasteiger partial charge on any atom is -0.354 e. The second-order valence-corrected chi connectivity index (χ2v) is 10.5. The summed E-state index contributed by atoms with van der Waals surface area (Å²) in [5.74, 6) is -0.371. The number of hydrogen-bond donors (Lipinski definition) is 2. The molecular weight excluding hydrogens is 486 g/mol. The van der Waals surface area contributed by atoms with E-state index < -0.39 is 16.1 Å². The first-order valence-corrected chi connectivity index (χ1v) is 14.1. The van der Waals surface area contributed by atoms with Gasteiger partial charge in [0.1, 0.15) is 6.04 Å². The summed E-state index contributed by atoms with van der Waals surface area (Å²) in [4.78, 5) is 28.8. The smallest absolute Gasteiger partial charge is 0.247 e. The van der Waals surface area contributed by atoms with E-state index in [2.05, 4.69) is 10.0 Å². The fourth-order valence-corrected chi connectivity index (χ4v) is 5.10.